The van der Waals surface area contributed by atoms with Crippen molar-refractivity contribution in [1.29, 1.82) is 0 Å². The lowest BCUT2D eigenvalue weighted by Crippen LogP contribution is -2.36. The van der Waals surface area contributed by atoms with E-state index in [0.29, 0.717) is 12.1 Å². The number of alkyl halides is 4. The molecule has 0 bridgehead atoms. The molecule has 0 N–H and O–H groups in total. The summed E-state index contributed by atoms with van der Waals surface area (Å²) < 4.78 is 47.3. The topological polar surface area (TPSA) is 51.6 Å². The SMILES string of the molecule is Fc1cc(F)nc(C(Cl)(Cl)C(Cl)(Cl)c2nc(F)cc(F)n2)n1. The normalized spacial score (nSPS) is 12.5. The smallest absolute Gasteiger partial charge is 0.201 e. The van der Waals surface area contributed by atoms with Crippen LogP contribution in [0.1, 0.15) is 11.6 Å². The molecule has 0 fully saturated rings. The number of hydrogen-bond donors (Lipinski definition) is 0. The van der Waals surface area contributed by atoms with Crippen molar-refractivity contribution in [1.82, 2.24) is 19.9 Å². The van der Waals surface area contributed by atoms with Crippen molar-refractivity contribution in [2.75, 3.05) is 0 Å². The third-order valence-electron chi connectivity index (χ3n) is 2.28. The molecular formula is C10H2Cl4F4N4. The summed E-state index contributed by atoms with van der Waals surface area (Å²) in [5, 5.41) is 0. The van der Waals surface area contributed by atoms with Crippen LogP contribution in [0.4, 0.5) is 17.6 Å². The molecule has 12 heteroatoms. The zero-order valence-corrected chi connectivity index (χ0v) is 13.0. The van der Waals surface area contributed by atoms with Crippen molar-refractivity contribution < 1.29 is 17.6 Å². The van der Waals surface area contributed by atoms with E-state index >= 15 is 0 Å². The van der Waals surface area contributed by atoms with Gasteiger partial charge in [-0.25, -0.2) is 19.9 Å². The van der Waals surface area contributed by atoms with Gasteiger partial charge in [0.25, 0.3) is 0 Å². The van der Waals surface area contributed by atoms with Gasteiger partial charge >= 0.3 is 0 Å². The van der Waals surface area contributed by atoms with Crippen LogP contribution in [0.3, 0.4) is 0 Å². The predicted molar refractivity (Wildman–Crippen MR) is 70.7 cm³/mol. The van der Waals surface area contributed by atoms with Crippen LogP contribution in [-0.2, 0) is 8.67 Å². The highest BCUT2D eigenvalue weighted by Crippen LogP contribution is 2.54. The van der Waals surface area contributed by atoms with E-state index in [0.717, 1.165) is 0 Å². The van der Waals surface area contributed by atoms with E-state index in [1.807, 2.05) is 0 Å². The molecule has 0 radical (unpaired) electrons. The molecule has 0 aliphatic rings. The van der Waals surface area contributed by atoms with Crippen molar-refractivity contribution in [2.24, 2.45) is 0 Å². The van der Waals surface area contributed by atoms with Crippen molar-refractivity contribution in [3.05, 3.63) is 47.6 Å². The Morgan fingerprint density at radius 3 is 1.05 bits per heavy atom. The van der Waals surface area contributed by atoms with Crippen LogP contribution < -0.4 is 0 Å². The summed E-state index contributed by atoms with van der Waals surface area (Å²) in [6.07, 6.45) is 0. The van der Waals surface area contributed by atoms with E-state index in [9.17, 15) is 17.6 Å². The molecule has 0 aliphatic carbocycles. The number of nitrogens with zero attached hydrogens (tertiary/aromatic N) is 4. The second-order valence-corrected chi connectivity index (χ2v) is 6.48. The minimum Gasteiger partial charge on any atom is -0.201 e. The van der Waals surface area contributed by atoms with E-state index in [1.54, 1.807) is 0 Å². The molecule has 0 unspecified atom stereocenters. The Morgan fingerprint density at radius 2 is 0.818 bits per heavy atom. The maximum atomic E-state index is 13.1. The lowest BCUT2D eigenvalue weighted by Gasteiger charge is -2.29. The highest BCUT2D eigenvalue weighted by Gasteiger charge is 2.55. The van der Waals surface area contributed by atoms with Gasteiger partial charge in [-0.3, -0.25) is 0 Å². The van der Waals surface area contributed by atoms with Crippen LogP contribution in [0.15, 0.2) is 12.1 Å². The molecule has 4 nitrogen and oxygen atoms in total. The van der Waals surface area contributed by atoms with E-state index in [2.05, 4.69) is 19.9 Å². The predicted octanol–water partition coefficient (Wildman–Crippen LogP) is 3.78. The molecule has 2 aromatic rings. The molecule has 2 aromatic heterocycles. The molecule has 0 aromatic carbocycles. The largest absolute Gasteiger partial charge is 0.219 e. The van der Waals surface area contributed by atoms with Gasteiger partial charge in [0.2, 0.25) is 32.5 Å². The van der Waals surface area contributed by atoms with Gasteiger partial charge in [-0.2, -0.15) is 17.6 Å². The highest BCUT2D eigenvalue weighted by atomic mass is 35.5. The van der Waals surface area contributed by atoms with Crippen LogP contribution in [-0.4, -0.2) is 19.9 Å². The molecule has 0 aliphatic heterocycles. The molecule has 0 amide bonds. The average Bonchev–Trinajstić information content (AvgIpc) is 2.36. The zero-order chi connectivity index (χ0) is 16.7. The van der Waals surface area contributed by atoms with E-state index < -0.39 is 44.1 Å². The zero-order valence-electron chi connectivity index (χ0n) is 9.97. The van der Waals surface area contributed by atoms with Crippen molar-refractivity contribution in [3.63, 3.8) is 0 Å². The molecule has 0 saturated heterocycles. The molecule has 118 valence electrons. The van der Waals surface area contributed by atoms with E-state index in [1.165, 1.54) is 0 Å². The number of aromatic nitrogens is 4. The van der Waals surface area contributed by atoms with Gasteiger partial charge in [0.05, 0.1) is 0 Å². The Morgan fingerprint density at radius 1 is 0.591 bits per heavy atom. The standard InChI is InChI=1S/C10H2Cl4F4N4/c11-9(12,7-19-3(15)1-4(16)20-7)10(13,14)8-21-5(17)2-6(18)22-8/h1-2H. The van der Waals surface area contributed by atoms with E-state index in [-0.39, 0.29) is 0 Å². The maximum Gasteiger partial charge on any atom is 0.219 e. The lowest BCUT2D eigenvalue weighted by molar-refractivity contribution is 0.479. The second-order valence-electron chi connectivity index (χ2n) is 3.82. The molecular weight excluding hydrogens is 394 g/mol. The van der Waals surface area contributed by atoms with Gasteiger partial charge in [-0.15, -0.1) is 0 Å². The van der Waals surface area contributed by atoms with Crippen molar-refractivity contribution in [2.45, 2.75) is 8.67 Å². The Kier molecular flexibility index (Phi) is 4.68. The lowest BCUT2D eigenvalue weighted by atomic mass is 10.2. The van der Waals surface area contributed by atoms with Crippen LogP contribution in [0.25, 0.3) is 0 Å². The van der Waals surface area contributed by atoms with Crippen molar-refractivity contribution in [3.8, 4) is 0 Å². The average molecular weight is 396 g/mol. The quantitative estimate of drug-likeness (QED) is 0.450. The first kappa shape index (κ1) is 17.4. The van der Waals surface area contributed by atoms with Gasteiger partial charge in [0.15, 0.2) is 11.6 Å². The van der Waals surface area contributed by atoms with E-state index in [4.69, 9.17) is 46.4 Å². The number of rotatable bonds is 3. The second kappa shape index (κ2) is 5.92. The van der Waals surface area contributed by atoms with Crippen LogP contribution in [0.2, 0.25) is 0 Å². The van der Waals surface area contributed by atoms with Crippen LogP contribution in [0.5, 0.6) is 0 Å². The monoisotopic (exact) mass is 394 g/mol. The fourth-order valence-corrected chi connectivity index (χ4v) is 2.02. The molecule has 0 spiro atoms. The van der Waals surface area contributed by atoms with Gasteiger partial charge in [0.1, 0.15) is 0 Å². The summed E-state index contributed by atoms with van der Waals surface area (Å²) in [6, 6.07) is 0.686. The Bertz CT molecular complexity index is 626. The first-order valence-electron chi connectivity index (χ1n) is 5.21. The minimum atomic E-state index is -2.63. The van der Waals surface area contributed by atoms with Crippen molar-refractivity contribution >= 4 is 46.4 Å². The summed E-state index contributed by atoms with van der Waals surface area (Å²) in [4.78, 5) is 12.6. The van der Waals surface area contributed by atoms with Gasteiger partial charge < -0.3 is 0 Å². The molecule has 22 heavy (non-hydrogen) atoms. The third kappa shape index (κ3) is 3.19. The highest BCUT2D eigenvalue weighted by molar-refractivity contribution is 6.61. The van der Waals surface area contributed by atoms with Gasteiger partial charge in [-0.05, 0) is 0 Å². The summed E-state index contributed by atoms with van der Waals surface area (Å²) in [5.74, 6) is -7.03. The van der Waals surface area contributed by atoms with Crippen LogP contribution >= 0.6 is 46.4 Å². The molecule has 0 saturated carbocycles. The first-order chi connectivity index (χ1) is 10.0. The van der Waals surface area contributed by atoms with Gasteiger partial charge in [0, 0.05) is 12.1 Å². The summed E-state index contributed by atoms with van der Waals surface area (Å²) in [6.45, 7) is 0. The van der Waals surface area contributed by atoms with Gasteiger partial charge in [-0.1, -0.05) is 46.4 Å². The number of halogens is 8. The summed E-state index contributed by atoms with van der Waals surface area (Å²) >= 11 is 23.4. The Balaban J connectivity index is 2.58. The summed E-state index contributed by atoms with van der Waals surface area (Å²) in [5.41, 5.74) is 0. The van der Waals surface area contributed by atoms with Crippen LogP contribution in [0, 0.1) is 23.8 Å². The molecule has 2 rings (SSSR count). The minimum absolute atomic E-state index is 0.343. The Labute approximate surface area is 140 Å². The first-order valence-corrected chi connectivity index (χ1v) is 6.72. The maximum absolute atomic E-state index is 13.1. The fraction of sp³-hybridized carbons (Fsp3) is 0.200. The summed E-state index contributed by atoms with van der Waals surface area (Å²) in [7, 11) is 0. The molecule has 2 heterocycles. The Hall–Kier alpha value is -0.960. The number of hydrogen-bond acceptors (Lipinski definition) is 4. The fourth-order valence-electron chi connectivity index (χ4n) is 1.34. The third-order valence-corrected chi connectivity index (χ3v) is 4.48. The molecule has 0 atom stereocenters.